The molecule has 4 nitrogen and oxygen atoms in total. The first-order chi connectivity index (χ1) is 4.91. The largest absolute Gasteiger partial charge is 0.386 e. The zero-order chi connectivity index (χ0) is 8.70. The number of halogens is 2. The molecule has 0 aromatic heterocycles. The van der Waals surface area contributed by atoms with Crippen LogP contribution in [0.25, 0.3) is 0 Å². The maximum absolute atomic E-state index is 10.5. The summed E-state index contributed by atoms with van der Waals surface area (Å²) in [7, 11) is 0. The van der Waals surface area contributed by atoms with Crippen LogP contribution in [0.2, 0.25) is 0 Å². The van der Waals surface area contributed by atoms with Crippen molar-refractivity contribution in [2.45, 2.75) is 22.8 Å². The van der Waals surface area contributed by atoms with Crippen LogP contribution >= 0.6 is 23.2 Å². The van der Waals surface area contributed by atoms with Crippen molar-refractivity contribution in [3.8, 4) is 0 Å². The highest BCUT2D eigenvalue weighted by molar-refractivity contribution is 6.52. The molecule has 1 fully saturated rings. The van der Waals surface area contributed by atoms with Crippen LogP contribution < -0.4 is 5.48 Å². The Bertz CT molecular complexity index is 196. The monoisotopic (exact) mass is 199 g/mol. The zero-order valence-electron chi connectivity index (χ0n) is 5.47. The fraction of sp³-hybridized carbons (Fsp3) is 0.800. The Morgan fingerprint density at radius 2 is 2.09 bits per heavy atom. The summed E-state index contributed by atoms with van der Waals surface area (Å²) in [5.74, 6) is -0.698. The predicted octanol–water partition coefficient (Wildman–Crippen LogP) is 0.191. The fourth-order valence-corrected chi connectivity index (χ4v) is 1.40. The van der Waals surface area contributed by atoms with E-state index in [-0.39, 0.29) is 12.8 Å². The molecule has 1 aliphatic rings. The van der Waals surface area contributed by atoms with Gasteiger partial charge in [-0.25, -0.2) is 5.48 Å². The third-order valence-electron chi connectivity index (χ3n) is 1.65. The van der Waals surface area contributed by atoms with Gasteiger partial charge in [-0.2, -0.15) is 0 Å². The molecule has 0 aromatic rings. The number of rotatable bonds is 2. The Morgan fingerprint density at radius 3 is 2.36 bits per heavy atom. The van der Waals surface area contributed by atoms with Crippen LogP contribution in [0.3, 0.4) is 0 Å². The molecule has 3 N–H and O–H groups in total. The van der Waals surface area contributed by atoms with Crippen molar-refractivity contribution in [1.29, 1.82) is 0 Å². The van der Waals surface area contributed by atoms with Crippen molar-refractivity contribution in [2.75, 3.05) is 0 Å². The van der Waals surface area contributed by atoms with Crippen molar-refractivity contribution in [2.24, 2.45) is 0 Å². The van der Waals surface area contributed by atoms with E-state index in [1.165, 1.54) is 5.48 Å². The lowest BCUT2D eigenvalue weighted by molar-refractivity contribution is -0.131. The molecule has 6 heteroatoms. The summed E-state index contributed by atoms with van der Waals surface area (Å²) in [6, 6.07) is 0. The molecule has 1 atom stereocenters. The van der Waals surface area contributed by atoms with Crippen LogP contribution in [0.1, 0.15) is 12.8 Å². The van der Waals surface area contributed by atoms with Gasteiger partial charge in [-0.3, -0.25) is 10.0 Å². The molecule has 0 aromatic carbocycles. The van der Waals surface area contributed by atoms with Crippen molar-refractivity contribution >= 4 is 29.1 Å². The van der Waals surface area contributed by atoms with Crippen LogP contribution in [-0.4, -0.2) is 26.2 Å². The van der Waals surface area contributed by atoms with Gasteiger partial charge >= 0.3 is 0 Å². The number of carbonyl (C=O) groups excluding carboxylic acids is 1. The number of hydroxylamine groups is 1. The lowest BCUT2D eigenvalue weighted by Gasteiger charge is -2.07. The second kappa shape index (κ2) is 2.48. The van der Waals surface area contributed by atoms with Gasteiger partial charge in [-0.1, -0.05) is 23.2 Å². The normalized spacial score (nSPS) is 33.1. The van der Waals surface area contributed by atoms with Crippen molar-refractivity contribution in [1.82, 2.24) is 5.48 Å². The minimum Gasteiger partial charge on any atom is -0.386 e. The van der Waals surface area contributed by atoms with E-state index in [1.807, 2.05) is 0 Å². The average molecular weight is 200 g/mol. The minimum absolute atomic E-state index is 0.149. The summed E-state index contributed by atoms with van der Waals surface area (Å²) in [6.45, 7) is 0. The summed E-state index contributed by atoms with van der Waals surface area (Å²) in [4.78, 5) is 10.5. The summed E-state index contributed by atoms with van der Waals surface area (Å²) < 4.78 is -1.24. The van der Waals surface area contributed by atoms with E-state index in [0.29, 0.717) is 0 Å². The number of amides is 1. The SMILES string of the molecule is O=C(CC1(O)CC1(Cl)Cl)NO. The summed E-state index contributed by atoms with van der Waals surface area (Å²) in [5.41, 5.74) is 0.0110. The first-order valence-corrected chi connectivity index (χ1v) is 3.70. The van der Waals surface area contributed by atoms with E-state index in [2.05, 4.69) is 0 Å². The van der Waals surface area contributed by atoms with E-state index in [0.717, 1.165) is 0 Å². The van der Waals surface area contributed by atoms with Gasteiger partial charge in [-0.05, 0) is 0 Å². The molecule has 0 radical (unpaired) electrons. The number of alkyl halides is 2. The average Bonchev–Trinajstić information content (AvgIpc) is 2.31. The Labute approximate surface area is 73.1 Å². The first kappa shape index (κ1) is 9.06. The van der Waals surface area contributed by atoms with Gasteiger partial charge in [-0.15, -0.1) is 0 Å². The zero-order valence-corrected chi connectivity index (χ0v) is 6.98. The highest BCUT2D eigenvalue weighted by Gasteiger charge is 2.66. The molecule has 64 valence electrons. The molecular weight excluding hydrogens is 193 g/mol. The third-order valence-corrected chi connectivity index (χ3v) is 2.62. The summed E-state index contributed by atoms with van der Waals surface area (Å²) >= 11 is 11.0. The second-order valence-electron chi connectivity index (χ2n) is 2.62. The third kappa shape index (κ3) is 1.59. The van der Waals surface area contributed by atoms with E-state index < -0.39 is 15.8 Å². The molecule has 1 aliphatic carbocycles. The van der Waals surface area contributed by atoms with E-state index in [9.17, 15) is 9.90 Å². The lowest BCUT2D eigenvalue weighted by Crippen LogP contribution is -2.28. The summed E-state index contributed by atoms with van der Waals surface area (Å²) in [5, 5.41) is 17.4. The minimum atomic E-state index is -1.37. The quantitative estimate of drug-likeness (QED) is 0.338. The highest BCUT2D eigenvalue weighted by atomic mass is 35.5. The van der Waals surface area contributed by atoms with E-state index >= 15 is 0 Å². The van der Waals surface area contributed by atoms with Crippen LogP contribution in [0.4, 0.5) is 0 Å². The van der Waals surface area contributed by atoms with Crippen molar-refractivity contribution < 1.29 is 15.1 Å². The maximum atomic E-state index is 10.5. The van der Waals surface area contributed by atoms with Gasteiger partial charge in [0, 0.05) is 6.42 Å². The molecule has 1 unspecified atom stereocenters. The molecule has 0 aliphatic heterocycles. The van der Waals surface area contributed by atoms with Crippen LogP contribution in [-0.2, 0) is 4.79 Å². The number of hydrogen-bond acceptors (Lipinski definition) is 3. The molecule has 11 heavy (non-hydrogen) atoms. The molecule has 1 amide bonds. The van der Waals surface area contributed by atoms with Crippen molar-refractivity contribution in [3.05, 3.63) is 0 Å². The van der Waals surface area contributed by atoms with Crippen LogP contribution in [0, 0.1) is 0 Å². The molecule has 0 heterocycles. The topological polar surface area (TPSA) is 69.6 Å². The van der Waals surface area contributed by atoms with Gasteiger partial charge in [0.15, 0.2) is 0 Å². The molecule has 0 bridgehead atoms. The number of aliphatic hydroxyl groups is 1. The van der Waals surface area contributed by atoms with E-state index in [4.69, 9.17) is 28.4 Å². The van der Waals surface area contributed by atoms with Gasteiger partial charge in [0.05, 0.1) is 6.42 Å². The lowest BCUT2D eigenvalue weighted by atomic mass is 10.2. The van der Waals surface area contributed by atoms with Crippen molar-refractivity contribution in [3.63, 3.8) is 0 Å². The van der Waals surface area contributed by atoms with Gasteiger partial charge in [0.2, 0.25) is 5.91 Å². The molecule has 0 saturated heterocycles. The summed E-state index contributed by atoms with van der Waals surface area (Å²) in [6.07, 6.45) is -0.132. The van der Waals surface area contributed by atoms with E-state index in [1.54, 1.807) is 0 Å². The van der Waals surface area contributed by atoms with Crippen LogP contribution in [0.15, 0.2) is 0 Å². The van der Waals surface area contributed by atoms with Crippen LogP contribution in [0.5, 0.6) is 0 Å². The second-order valence-corrected chi connectivity index (χ2v) is 4.11. The maximum Gasteiger partial charge on any atom is 0.246 e. The van der Waals surface area contributed by atoms with Gasteiger partial charge in [0.25, 0.3) is 0 Å². The molecule has 1 saturated carbocycles. The molecule has 1 rings (SSSR count). The fourth-order valence-electron chi connectivity index (χ4n) is 0.820. The smallest absolute Gasteiger partial charge is 0.246 e. The van der Waals surface area contributed by atoms with Gasteiger partial charge < -0.3 is 5.11 Å². The number of hydrogen-bond donors (Lipinski definition) is 3. The van der Waals surface area contributed by atoms with Gasteiger partial charge in [0.1, 0.15) is 9.93 Å². The Kier molecular flexibility index (Phi) is 2.05. The standard InChI is InChI=1S/C5H7Cl2NO3/c6-5(7)2-4(5,10)1-3(9)8-11/h10-11H,1-2H2,(H,8,9). The highest BCUT2D eigenvalue weighted by Crippen LogP contribution is 2.58. The number of nitrogens with one attached hydrogen (secondary N) is 1. The molecular formula is C5H7Cl2NO3. The Morgan fingerprint density at radius 1 is 1.64 bits per heavy atom. The Balaban J connectivity index is 2.46. The predicted molar refractivity (Wildman–Crippen MR) is 38.6 cm³/mol. The Hall–Kier alpha value is -0.0300. The molecule has 0 spiro atoms. The number of carbonyl (C=O) groups is 1. The first-order valence-electron chi connectivity index (χ1n) is 2.94.